The summed E-state index contributed by atoms with van der Waals surface area (Å²) in [4.78, 5) is 2.38. The molecule has 0 saturated carbocycles. The molecule has 1 aliphatic heterocycles. The van der Waals surface area contributed by atoms with Crippen molar-refractivity contribution in [3.8, 4) is 0 Å². The molecular weight excluding hydrogens is 150 g/mol. The number of hydrogen-bond donors (Lipinski definition) is 0. The van der Waals surface area contributed by atoms with Gasteiger partial charge in [0.05, 0.1) is 6.67 Å². The molecule has 0 atom stereocenters. The Balaban J connectivity index is 2.40. The predicted molar refractivity (Wildman–Crippen MR) is 51.7 cm³/mol. The first-order chi connectivity index (χ1) is 5.70. The van der Waals surface area contributed by atoms with Gasteiger partial charge in [0, 0.05) is 20.6 Å². The number of rotatable bonds is 0. The van der Waals surface area contributed by atoms with Crippen molar-refractivity contribution in [2.24, 2.45) is 0 Å². The molecule has 0 unspecified atom stereocenters. The summed E-state index contributed by atoms with van der Waals surface area (Å²) in [6, 6.07) is 0. The minimum absolute atomic E-state index is 1.05. The topological polar surface area (TPSA) is 9.72 Å². The molecule has 0 aromatic rings. The highest BCUT2D eigenvalue weighted by Crippen LogP contribution is 2.04. The van der Waals surface area contributed by atoms with Crippen molar-refractivity contribution in [3.63, 3.8) is 0 Å². The van der Waals surface area contributed by atoms with Gasteiger partial charge in [-0.2, -0.15) is 0 Å². The molecule has 1 saturated heterocycles. The fraction of sp³-hybridized carbons (Fsp3) is 1.00. The van der Waals surface area contributed by atoms with E-state index < -0.39 is 0 Å². The molecule has 12 heavy (non-hydrogen) atoms. The van der Waals surface area contributed by atoms with E-state index in [0.717, 1.165) is 6.67 Å². The van der Waals surface area contributed by atoms with E-state index in [0.29, 0.717) is 0 Å². The first-order valence-corrected chi connectivity index (χ1v) is 4.81. The van der Waals surface area contributed by atoms with Crippen molar-refractivity contribution in [2.45, 2.75) is 19.3 Å². The van der Waals surface area contributed by atoms with E-state index in [9.17, 15) is 0 Å². The van der Waals surface area contributed by atoms with Crippen LogP contribution < -0.4 is 0 Å². The van der Waals surface area contributed by atoms with Crippen molar-refractivity contribution in [2.75, 3.05) is 40.9 Å². The largest absolute Gasteiger partial charge is 0.292 e. The minimum atomic E-state index is 1.05. The fourth-order valence-corrected chi connectivity index (χ4v) is 1.60. The Morgan fingerprint density at radius 2 is 1.42 bits per heavy atom. The van der Waals surface area contributed by atoms with Gasteiger partial charge in [-0.05, 0) is 26.4 Å². The van der Waals surface area contributed by atoms with E-state index in [2.05, 4.69) is 36.1 Å². The number of hydrogen-bond acceptors (Lipinski definition) is 3. The van der Waals surface area contributed by atoms with E-state index in [-0.39, 0.29) is 0 Å². The maximum Gasteiger partial charge on any atom is 0.0642 e. The van der Waals surface area contributed by atoms with Gasteiger partial charge in [0.2, 0.25) is 0 Å². The van der Waals surface area contributed by atoms with Crippen LogP contribution in [0.25, 0.3) is 0 Å². The highest BCUT2D eigenvalue weighted by atomic mass is 15.6. The second-order valence-corrected chi connectivity index (χ2v) is 3.82. The van der Waals surface area contributed by atoms with E-state index in [1.54, 1.807) is 0 Å². The molecule has 1 fully saturated rings. The summed E-state index contributed by atoms with van der Waals surface area (Å²) in [6.07, 6.45) is 4.04. The summed E-state index contributed by atoms with van der Waals surface area (Å²) in [6.45, 7) is 3.49. The molecule has 3 nitrogen and oxygen atoms in total. The van der Waals surface area contributed by atoms with Crippen molar-refractivity contribution >= 4 is 0 Å². The predicted octanol–water partition coefficient (Wildman–Crippen LogP) is 0.838. The molecule has 0 bridgehead atoms. The van der Waals surface area contributed by atoms with Crippen LogP contribution in [0.1, 0.15) is 19.3 Å². The van der Waals surface area contributed by atoms with Crippen LogP contribution in [0.2, 0.25) is 0 Å². The Hall–Kier alpha value is -0.120. The molecule has 0 aliphatic carbocycles. The molecule has 0 spiro atoms. The zero-order valence-electron chi connectivity index (χ0n) is 8.58. The van der Waals surface area contributed by atoms with Gasteiger partial charge in [-0.25, -0.2) is 10.0 Å². The first-order valence-electron chi connectivity index (χ1n) is 4.81. The van der Waals surface area contributed by atoms with Crippen LogP contribution in [0.5, 0.6) is 0 Å². The van der Waals surface area contributed by atoms with Gasteiger partial charge in [0.25, 0.3) is 0 Å². The van der Waals surface area contributed by atoms with Gasteiger partial charge < -0.3 is 0 Å². The summed E-state index contributed by atoms with van der Waals surface area (Å²) in [5.74, 6) is 0. The lowest BCUT2D eigenvalue weighted by atomic mass is 10.2. The quantitative estimate of drug-likeness (QED) is 0.535. The minimum Gasteiger partial charge on any atom is -0.292 e. The Morgan fingerprint density at radius 1 is 0.750 bits per heavy atom. The summed E-state index contributed by atoms with van der Waals surface area (Å²) in [7, 11) is 6.51. The molecule has 0 aromatic carbocycles. The lowest BCUT2D eigenvalue weighted by molar-refractivity contribution is -0.0104. The van der Waals surface area contributed by atoms with Gasteiger partial charge in [-0.3, -0.25) is 4.90 Å². The maximum absolute atomic E-state index is 2.38. The van der Waals surface area contributed by atoms with Gasteiger partial charge in [0.1, 0.15) is 0 Å². The standard InChI is InChI=1S/C9H21N3/c1-10-7-5-4-6-8-11(2)12(3)9-10/h4-9H2,1-3H3. The Kier molecular flexibility index (Phi) is 3.98. The van der Waals surface area contributed by atoms with Crippen molar-refractivity contribution in [1.82, 2.24) is 14.9 Å². The normalized spacial score (nSPS) is 26.2. The van der Waals surface area contributed by atoms with E-state index in [1.165, 1.54) is 32.4 Å². The maximum atomic E-state index is 2.38. The van der Waals surface area contributed by atoms with E-state index in [4.69, 9.17) is 0 Å². The van der Waals surface area contributed by atoms with Gasteiger partial charge >= 0.3 is 0 Å². The molecule has 1 rings (SSSR count). The molecule has 3 heteroatoms. The van der Waals surface area contributed by atoms with Crippen LogP contribution in [0.3, 0.4) is 0 Å². The third-order valence-corrected chi connectivity index (χ3v) is 2.55. The van der Waals surface area contributed by atoms with E-state index >= 15 is 0 Å². The smallest absolute Gasteiger partial charge is 0.0642 e. The Bertz CT molecular complexity index is 127. The Labute approximate surface area is 75.9 Å². The second kappa shape index (κ2) is 4.80. The van der Waals surface area contributed by atoms with Gasteiger partial charge in [-0.1, -0.05) is 6.42 Å². The molecule has 0 amide bonds. The lowest BCUT2D eigenvalue weighted by Crippen LogP contribution is -2.42. The molecular formula is C9H21N3. The second-order valence-electron chi connectivity index (χ2n) is 3.82. The zero-order valence-corrected chi connectivity index (χ0v) is 8.58. The van der Waals surface area contributed by atoms with E-state index in [1.807, 2.05) is 0 Å². The average Bonchev–Trinajstić information content (AvgIpc) is 2.07. The summed E-state index contributed by atoms with van der Waals surface area (Å²) in [5.41, 5.74) is 0. The first kappa shape index (κ1) is 9.96. The van der Waals surface area contributed by atoms with Gasteiger partial charge in [0.15, 0.2) is 0 Å². The fourth-order valence-electron chi connectivity index (χ4n) is 1.60. The van der Waals surface area contributed by atoms with Gasteiger partial charge in [-0.15, -0.1) is 0 Å². The number of hydrazine groups is 1. The van der Waals surface area contributed by atoms with Crippen LogP contribution in [-0.4, -0.2) is 55.8 Å². The van der Waals surface area contributed by atoms with Crippen molar-refractivity contribution < 1.29 is 0 Å². The molecule has 0 radical (unpaired) electrons. The van der Waals surface area contributed by atoms with Crippen LogP contribution in [0.4, 0.5) is 0 Å². The molecule has 0 N–H and O–H groups in total. The number of nitrogens with zero attached hydrogens (tertiary/aromatic N) is 3. The van der Waals surface area contributed by atoms with Crippen LogP contribution in [-0.2, 0) is 0 Å². The molecule has 0 aromatic heterocycles. The summed E-state index contributed by atoms with van der Waals surface area (Å²) in [5, 5.41) is 4.59. The monoisotopic (exact) mass is 171 g/mol. The third kappa shape index (κ3) is 3.09. The molecule has 72 valence electrons. The van der Waals surface area contributed by atoms with Crippen molar-refractivity contribution in [1.29, 1.82) is 0 Å². The highest BCUT2D eigenvalue weighted by Gasteiger charge is 2.10. The molecule has 1 heterocycles. The summed E-state index contributed by atoms with van der Waals surface area (Å²) >= 11 is 0. The van der Waals surface area contributed by atoms with Crippen LogP contribution >= 0.6 is 0 Å². The average molecular weight is 171 g/mol. The zero-order chi connectivity index (χ0) is 8.97. The SMILES string of the molecule is CN1CCCCCN(C)N(C)C1. The van der Waals surface area contributed by atoms with Crippen LogP contribution in [0, 0.1) is 0 Å². The highest BCUT2D eigenvalue weighted by molar-refractivity contribution is 4.57. The molecule has 1 aliphatic rings. The van der Waals surface area contributed by atoms with Crippen LogP contribution in [0.15, 0.2) is 0 Å². The van der Waals surface area contributed by atoms with Crippen molar-refractivity contribution in [3.05, 3.63) is 0 Å². The Morgan fingerprint density at radius 3 is 2.17 bits per heavy atom. The third-order valence-electron chi connectivity index (χ3n) is 2.55. The lowest BCUT2D eigenvalue weighted by Gasteiger charge is -2.30. The summed E-state index contributed by atoms with van der Waals surface area (Å²) < 4.78 is 0.